The van der Waals surface area contributed by atoms with Gasteiger partial charge < -0.3 is 10.4 Å². The Hall–Kier alpha value is -2.36. The fourth-order valence-electron chi connectivity index (χ4n) is 1.80. The van der Waals surface area contributed by atoms with E-state index in [-0.39, 0.29) is 11.7 Å². The summed E-state index contributed by atoms with van der Waals surface area (Å²) in [4.78, 5) is 16.0. The molecule has 4 nitrogen and oxygen atoms in total. The summed E-state index contributed by atoms with van der Waals surface area (Å²) in [7, 11) is 0. The molecule has 2 rings (SSSR count). The first kappa shape index (κ1) is 13.1. The van der Waals surface area contributed by atoms with E-state index in [1.54, 1.807) is 30.5 Å². The molecule has 0 aliphatic rings. The van der Waals surface area contributed by atoms with Crippen LogP contribution in [0.1, 0.15) is 21.6 Å². The summed E-state index contributed by atoms with van der Waals surface area (Å²) in [5.41, 5.74) is 2.40. The molecule has 2 N–H and O–H groups in total. The van der Waals surface area contributed by atoms with E-state index >= 15 is 0 Å². The summed E-state index contributed by atoms with van der Waals surface area (Å²) < 4.78 is 0. The molecule has 0 unspecified atom stereocenters. The number of rotatable bonds is 4. The lowest BCUT2D eigenvalue weighted by atomic mass is 10.1. The number of nitrogens with one attached hydrogen (secondary N) is 1. The van der Waals surface area contributed by atoms with Crippen molar-refractivity contribution in [1.29, 1.82) is 0 Å². The SMILES string of the molecule is Cc1ncccc1C(=O)NCCc1ccc(O)cc1. The molecule has 0 saturated heterocycles. The summed E-state index contributed by atoms with van der Waals surface area (Å²) in [5.74, 6) is 0.142. The van der Waals surface area contributed by atoms with Gasteiger partial charge in [-0.25, -0.2) is 0 Å². The zero-order valence-electron chi connectivity index (χ0n) is 10.8. The average Bonchev–Trinajstić information content (AvgIpc) is 2.41. The lowest BCUT2D eigenvalue weighted by Gasteiger charge is -2.07. The van der Waals surface area contributed by atoms with Crippen LogP contribution in [0.5, 0.6) is 5.75 Å². The Bertz CT molecular complexity index is 565. The van der Waals surface area contributed by atoms with Crippen LogP contribution in [-0.4, -0.2) is 22.5 Å². The van der Waals surface area contributed by atoms with Crippen molar-refractivity contribution in [2.24, 2.45) is 0 Å². The van der Waals surface area contributed by atoms with Crippen molar-refractivity contribution in [3.8, 4) is 5.75 Å². The van der Waals surface area contributed by atoms with E-state index in [4.69, 9.17) is 0 Å². The van der Waals surface area contributed by atoms with Gasteiger partial charge in [-0.05, 0) is 43.2 Å². The number of aryl methyl sites for hydroxylation is 1. The molecule has 0 spiro atoms. The van der Waals surface area contributed by atoms with Gasteiger partial charge in [-0.3, -0.25) is 9.78 Å². The number of phenolic OH excluding ortho intramolecular Hbond substituents is 1. The molecular formula is C15H16N2O2. The largest absolute Gasteiger partial charge is 0.508 e. The number of pyridine rings is 1. The molecule has 0 radical (unpaired) electrons. The third-order valence-electron chi connectivity index (χ3n) is 2.89. The first-order valence-electron chi connectivity index (χ1n) is 6.14. The average molecular weight is 256 g/mol. The molecule has 0 saturated carbocycles. The summed E-state index contributed by atoms with van der Waals surface area (Å²) in [6.45, 7) is 2.37. The van der Waals surface area contributed by atoms with Crippen LogP contribution in [0.2, 0.25) is 0 Å². The minimum Gasteiger partial charge on any atom is -0.508 e. The number of amides is 1. The fraction of sp³-hybridized carbons (Fsp3) is 0.200. The summed E-state index contributed by atoms with van der Waals surface area (Å²) in [6.07, 6.45) is 2.40. The molecule has 0 atom stereocenters. The van der Waals surface area contributed by atoms with Gasteiger partial charge in [-0.1, -0.05) is 12.1 Å². The minimum atomic E-state index is -0.107. The summed E-state index contributed by atoms with van der Waals surface area (Å²) in [5, 5.41) is 12.0. The molecule has 2 aromatic rings. The van der Waals surface area contributed by atoms with Gasteiger partial charge in [0.05, 0.1) is 5.56 Å². The number of phenols is 1. The highest BCUT2D eigenvalue weighted by Gasteiger charge is 2.07. The van der Waals surface area contributed by atoms with Crippen molar-refractivity contribution in [2.45, 2.75) is 13.3 Å². The molecule has 1 aromatic heterocycles. The smallest absolute Gasteiger partial charge is 0.253 e. The molecule has 0 bridgehead atoms. The first-order chi connectivity index (χ1) is 9.16. The normalized spacial score (nSPS) is 10.2. The molecule has 98 valence electrons. The van der Waals surface area contributed by atoms with E-state index in [1.807, 2.05) is 19.1 Å². The number of hydrogen-bond donors (Lipinski definition) is 2. The Kier molecular flexibility index (Phi) is 4.13. The zero-order chi connectivity index (χ0) is 13.7. The third-order valence-corrected chi connectivity index (χ3v) is 2.89. The van der Waals surface area contributed by atoms with Crippen LogP contribution in [0, 0.1) is 6.92 Å². The maximum absolute atomic E-state index is 11.9. The number of carbonyl (C=O) groups is 1. The number of nitrogens with zero attached hydrogens (tertiary/aromatic N) is 1. The van der Waals surface area contributed by atoms with Crippen molar-refractivity contribution >= 4 is 5.91 Å². The Labute approximate surface area is 112 Å². The van der Waals surface area contributed by atoms with E-state index in [0.29, 0.717) is 12.1 Å². The molecule has 1 amide bonds. The first-order valence-corrected chi connectivity index (χ1v) is 6.14. The number of carbonyl (C=O) groups excluding carboxylic acids is 1. The molecule has 19 heavy (non-hydrogen) atoms. The minimum absolute atomic E-state index is 0.107. The maximum atomic E-state index is 11.9. The van der Waals surface area contributed by atoms with Crippen LogP contribution >= 0.6 is 0 Å². The van der Waals surface area contributed by atoms with E-state index in [0.717, 1.165) is 17.7 Å². The lowest BCUT2D eigenvalue weighted by molar-refractivity contribution is 0.0953. The molecule has 1 heterocycles. The van der Waals surface area contributed by atoms with Crippen LogP contribution < -0.4 is 5.32 Å². The Morgan fingerprint density at radius 3 is 2.68 bits per heavy atom. The standard InChI is InChI=1S/C15H16N2O2/c1-11-14(3-2-9-16-11)15(19)17-10-8-12-4-6-13(18)7-5-12/h2-7,9,18H,8,10H2,1H3,(H,17,19). The number of aromatic hydroxyl groups is 1. The van der Waals surface area contributed by atoms with Gasteiger partial charge in [0, 0.05) is 18.4 Å². The van der Waals surface area contributed by atoms with Gasteiger partial charge in [0.15, 0.2) is 0 Å². The molecular weight excluding hydrogens is 240 g/mol. The third kappa shape index (κ3) is 3.55. The highest BCUT2D eigenvalue weighted by molar-refractivity contribution is 5.95. The Morgan fingerprint density at radius 2 is 2.00 bits per heavy atom. The second-order valence-electron chi connectivity index (χ2n) is 4.31. The Morgan fingerprint density at radius 1 is 1.26 bits per heavy atom. The Balaban J connectivity index is 1.88. The topological polar surface area (TPSA) is 62.2 Å². The maximum Gasteiger partial charge on any atom is 0.253 e. The second kappa shape index (κ2) is 6.00. The number of benzene rings is 1. The lowest BCUT2D eigenvalue weighted by Crippen LogP contribution is -2.26. The van der Waals surface area contributed by atoms with Crippen molar-refractivity contribution in [1.82, 2.24) is 10.3 Å². The molecule has 0 aliphatic heterocycles. The fourth-order valence-corrected chi connectivity index (χ4v) is 1.80. The van der Waals surface area contributed by atoms with Gasteiger partial charge in [0.1, 0.15) is 5.75 Å². The van der Waals surface area contributed by atoms with Gasteiger partial charge >= 0.3 is 0 Å². The second-order valence-corrected chi connectivity index (χ2v) is 4.31. The van der Waals surface area contributed by atoms with Gasteiger partial charge in [-0.15, -0.1) is 0 Å². The van der Waals surface area contributed by atoms with Gasteiger partial charge in [0.2, 0.25) is 0 Å². The highest BCUT2D eigenvalue weighted by Crippen LogP contribution is 2.09. The number of aromatic nitrogens is 1. The summed E-state index contributed by atoms with van der Waals surface area (Å²) in [6, 6.07) is 10.5. The molecule has 1 aromatic carbocycles. The molecule has 0 aliphatic carbocycles. The van der Waals surface area contributed by atoms with E-state index in [1.165, 1.54) is 0 Å². The predicted octanol–water partition coefficient (Wildman–Crippen LogP) is 2.07. The quantitative estimate of drug-likeness (QED) is 0.880. The predicted molar refractivity (Wildman–Crippen MR) is 73.1 cm³/mol. The van der Waals surface area contributed by atoms with Crippen molar-refractivity contribution in [2.75, 3.05) is 6.54 Å². The van der Waals surface area contributed by atoms with Crippen molar-refractivity contribution in [3.05, 3.63) is 59.4 Å². The van der Waals surface area contributed by atoms with E-state index in [9.17, 15) is 9.90 Å². The molecule has 0 fully saturated rings. The number of hydrogen-bond acceptors (Lipinski definition) is 3. The molecule has 4 heteroatoms. The van der Waals surface area contributed by atoms with Crippen LogP contribution in [0.25, 0.3) is 0 Å². The highest BCUT2D eigenvalue weighted by atomic mass is 16.3. The van der Waals surface area contributed by atoms with Crippen LogP contribution in [0.4, 0.5) is 0 Å². The van der Waals surface area contributed by atoms with E-state index < -0.39 is 0 Å². The zero-order valence-corrected chi connectivity index (χ0v) is 10.8. The van der Waals surface area contributed by atoms with E-state index in [2.05, 4.69) is 10.3 Å². The van der Waals surface area contributed by atoms with Crippen molar-refractivity contribution < 1.29 is 9.90 Å². The monoisotopic (exact) mass is 256 g/mol. The van der Waals surface area contributed by atoms with Gasteiger partial charge in [-0.2, -0.15) is 0 Å². The van der Waals surface area contributed by atoms with Gasteiger partial charge in [0.25, 0.3) is 5.91 Å². The van der Waals surface area contributed by atoms with Crippen LogP contribution in [0.3, 0.4) is 0 Å². The van der Waals surface area contributed by atoms with Crippen molar-refractivity contribution in [3.63, 3.8) is 0 Å². The summed E-state index contributed by atoms with van der Waals surface area (Å²) >= 11 is 0. The van der Waals surface area contributed by atoms with Crippen LogP contribution in [0.15, 0.2) is 42.6 Å². The van der Waals surface area contributed by atoms with Crippen LogP contribution in [-0.2, 0) is 6.42 Å².